The van der Waals surface area contributed by atoms with E-state index in [1.165, 1.54) is 16.9 Å². The van der Waals surface area contributed by atoms with Crippen LogP contribution in [0.4, 0.5) is 5.69 Å². The van der Waals surface area contributed by atoms with Gasteiger partial charge in [0.05, 0.1) is 22.8 Å². The highest BCUT2D eigenvalue weighted by Crippen LogP contribution is 2.36. The van der Waals surface area contributed by atoms with E-state index < -0.39 is 11.9 Å². The lowest BCUT2D eigenvalue weighted by Gasteiger charge is -2.19. The molecule has 1 aliphatic heterocycles. The molecule has 2 aromatic rings. The van der Waals surface area contributed by atoms with Gasteiger partial charge in [-0.3, -0.25) is 14.5 Å². The lowest BCUT2D eigenvalue weighted by molar-refractivity contribution is -0.140. The molecule has 170 valence electrons. The van der Waals surface area contributed by atoms with Crippen LogP contribution in [0.1, 0.15) is 18.1 Å². The van der Waals surface area contributed by atoms with Crippen LogP contribution in [0.5, 0.6) is 5.75 Å². The number of hydrogen-bond donors (Lipinski definition) is 0. The number of carbonyl (C=O) groups excluding carboxylic acids is 2. The number of amides is 1. The second-order valence-corrected chi connectivity index (χ2v) is 8.12. The summed E-state index contributed by atoms with van der Waals surface area (Å²) in [5, 5.41) is 0.611. The zero-order valence-electron chi connectivity index (χ0n) is 17.9. The largest absolute Gasteiger partial charge is 0.478 e. The highest BCUT2D eigenvalue weighted by atomic mass is 35.5. The van der Waals surface area contributed by atoms with E-state index in [0.717, 1.165) is 12.0 Å². The van der Waals surface area contributed by atoms with Crippen molar-refractivity contribution < 1.29 is 19.1 Å². The van der Waals surface area contributed by atoms with Crippen molar-refractivity contribution in [3.63, 3.8) is 0 Å². The van der Waals surface area contributed by atoms with Gasteiger partial charge in [-0.1, -0.05) is 48.2 Å². The number of ether oxygens (including phenoxy) is 2. The quantitative estimate of drug-likeness (QED) is 0.236. The van der Waals surface area contributed by atoms with Gasteiger partial charge in [-0.05, 0) is 60.1 Å². The maximum atomic E-state index is 13.4. The molecule has 0 atom stereocenters. The molecule has 0 bridgehead atoms. The summed E-state index contributed by atoms with van der Waals surface area (Å²) in [6.45, 7) is 1.81. The van der Waals surface area contributed by atoms with Crippen LogP contribution in [-0.4, -0.2) is 42.2 Å². The maximum Gasteiger partial charge on any atom is 0.325 e. The number of aryl methyl sites for hydroxylation is 1. The number of carbonyl (C=O) groups is 2. The fraction of sp³-hybridized carbons (Fsp3) is 0.208. The Bertz CT molecular complexity index is 1150. The van der Waals surface area contributed by atoms with Crippen LogP contribution in [0.25, 0.3) is 6.08 Å². The predicted molar refractivity (Wildman–Crippen MR) is 133 cm³/mol. The van der Waals surface area contributed by atoms with E-state index in [2.05, 4.69) is 5.92 Å². The lowest BCUT2D eigenvalue weighted by atomic mass is 10.1. The molecule has 0 aromatic heterocycles. The Hall–Kier alpha value is -3.05. The smallest absolute Gasteiger partial charge is 0.325 e. The molecule has 6 nitrogen and oxygen atoms in total. The monoisotopic (exact) mass is 502 g/mol. The third-order valence-electron chi connectivity index (χ3n) is 4.88. The molecule has 1 heterocycles. The van der Waals surface area contributed by atoms with Gasteiger partial charge in [-0.15, -0.1) is 6.42 Å². The van der Waals surface area contributed by atoms with E-state index in [-0.39, 0.29) is 39.8 Å². The summed E-state index contributed by atoms with van der Waals surface area (Å²) in [5.74, 6) is 1.65. The minimum Gasteiger partial charge on any atom is -0.478 e. The molecule has 0 spiro atoms. The van der Waals surface area contributed by atoms with E-state index in [4.69, 9.17) is 51.3 Å². The van der Waals surface area contributed by atoms with Crippen LogP contribution < -0.4 is 9.64 Å². The SMILES string of the molecule is C#CCOc1c(Cl)cc(/C=C2/C(=O)N(c3ccc(CC)cc3)C(=S)N2CC(=O)OC)cc1Cl. The van der Waals surface area contributed by atoms with Crippen molar-refractivity contribution in [3.8, 4) is 18.1 Å². The fourth-order valence-corrected chi connectivity index (χ4v) is 4.17. The number of thiocarbonyl (C=S) groups is 1. The lowest BCUT2D eigenvalue weighted by Crippen LogP contribution is -2.35. The number of nitrogens with zero attached hydrogens (tertiary/aromatic N) is 2. The second-order valence-electron chi connectivity index (χ2n) is 6.94. The van der Waals surface area contributed by atoms with E-state index in [1.54, 1.807) is 18.2 Å². The van der Waals surface area contributed by atoms with Crippen molar-refractivity contribution in [3.05, 3.63) is 63.3 Å². The number of methoxy groups -OCH3 is 1. The Kier molecular flexibility index (Phi) is 7.98. The third kappa shape index (κ3) is 5.31. The number of hydrogen-bond acceptors (Lipinski definition) is 5. The predicted octanol–water partition coefficient (Wildman–Crippen LogP) is 4.72. The van der Waals surface area contributed by atoms with Crippen LogP contribution >= 0.6 is 35.4 Å². The minimum atomic E-state index is -0.548. The molecule has 9 heteroatoms. The average Bonchev–Trinajstić information content (AvgIpc) is 3.02. The van der Waals surface area contributed by atoms with Gasteiger partial charge in [0.25, 0.3) is 5.91 Å². The highest BCUT2D eigenvalue weighted by Gasteiger charge is 2.40. The summed E-state index contributed by atoms with van der Waals surface area (Å²) >= 11 is 18.2. The maximum absolute atomic E-state index is 13.4. The molecule has 1 saturated heterocycles. The number of benzene rings is 2. The first-order valence-electron chi connectivity index (χ1n) is 9.89. The Balaban J connectivity index is 2.04. The Morgan fingerprint density at radius 3 is 2.39 bits per heavy atom. The summed E-state index contributed by atoms with van der Waals surface area (Å²) in [6.07, 6.45) is 7.64. The Labute approximate surface area is 207 Å². The van der Waals surface area contributed by atoms with Gasteiger partial charge in [0.15, 0.2) is 10.9 Å². The van der Waals surface area contributed by atoms with Gasteiger partial charge >= 0.3 is 5.97 Å². The first-order chi connectivity index (χ1) is 15.8. The van der Waals surface area contributed by atoms with E-state index in [0.29, 0.717) is 11.3 Å². The van der Waals surface area contributed by atoms with Crippen molar-refractivity contribution in [1.29, 1.82) is 0 Å². The fourth-order valence-electron chi connectivity index (χ4n) is 3.21. The van der Waals surface area contributed by atoms with Crippen LogP contribution in [0.2, 0.25) is 10.0 Å². The molecule has 1 fully saturated rings. The Morgan fingerprint density at radius 1 is 1.21 bits per heavy atom. The molecular formula is C24H20Cl2N2O4S. The summed E-state index contributed by atoms with van der Waals surface area (Å²) in [5.41, 5.74) is 2.40. The number of halogens is 2. The minimum absolute atomic E-state index is 0.00528. The molecule has 0 radical (unpaired) electrons. The number of rotatable bonds is 7. The molecule has 0 saturated carbocycles. The molecule has 0 aliphatic carbocycles. The molecule has 2 aromatic carbocycles. The topological polar surface area (TPSA) is 59.1 Å². The van der Waals surface area contributed by atoms with Crippen LogP contribution in [-0.2, 0) is 20.7 Å². The number of terminal acetylenes is 1. The average molecular weight is 503 g/mol. The zero-order chi connectivity index (χ0) is 24.1. The van der Waals surface area contributed by atoms with Crippen LogP contribution in [0, 0.1) is 12.3 Å². The summed E-state index contributed by atoms with van der Waals surface area (Å²) in [7, 11) is 1.27. The standard InChI is InChI=1S/C24H20Cl2N2O4S/c1-4-10-32-22-18(25)11-16(12-19(22)26)13-20-23(30)28(17-8-6-15(5-2)7-9-17)24(33)27(20)14-21(29)31-3/h1,6-9,11-13H,5,10,14H2,2-3H3/b20-13-. The summed E-state index contributed by atoms with van der Waals surface area (Å²) < 4.78 is 10.2. The van der Waals surface area contributed by atoms with Gasteiger partial charge in [0.2, 0.25) is 0 Å². The highest BCUT2D eigenvalue weighted by molar-refractivity contribution is 7.80. The first kappa shape index (κ1) is 24.6. The summed E-state index contributed by atoms with van der Waals surface area (Å²) in [4.78, 5) is 28.2. The molecular weight excluding hydrogens is 483 g/mol. The normalized spacial score (nSPS) is 14.6. The van der Waals surface area contributed by atoms with Crippen molar-refractivity contribution in [1.82, 2.24) is 4.90 Å². The number of anilines is 1. The van der Waals surface area contributed by atoms with Crippen LogP contribution in [0.15, 0.2) is 42.1 Å². The van der Waals surface area contributed by atoms with E-state index in [9.17, 15) is 9.59 Å². The molecule has 0 N–H and O–H groups in total. The van der Waals surface area contributed by atoms with E-state index in [1.807, 2.05) is 31.2 Å². The van der Waals surface area contributed by atoms with Gasteiger partial charge in [-0.25, -0.2) is 0 Å². The van der Waals surface area contributed by atoms with Gasteiger partial charge in [0.1, 0.15) is 18.8 Å². The van der Waals surface area contributed by atoms with E-state index >= 15 is 0 Å². The molecule has 3 rings (SSSR count). The van der Waals surface area contributed by atoms with Crippen molar-refractivity contribution >= 4 is 64.2 Å². The second kappa shape index (κ2) is 10.7. The third-order valence-corrected chi connectivity index (χ3v) is 5.84. The van der Waals surface area contributed by atoms with Gasteiger partial charge < -0.3 is 14.4 Å². The molecule has 1 amide bonds. The molecule has 33 heavy (non-hydrogen) atoms. The summed E-state index contributed by atoms with van der Waals surface area (Å²) in [6, 6.07) is 10.6. The van der Waals surface area contributed by atoms with Gasteiger partial charge in [0, 0.05) is 0 Å². The van der Waals surface area contributed by atoms with Crippen molar-refractivity contribution in [2.45, 2.75) is 13.3 Å². The zero-order valence-corrected chi connectivity index (χ0v) is 20.3. The molecule has 1 aliphatic rings. The van der Waals surface area contributed by atoms with Gasteiger partial charge in [-0.2, -0.15) is 0 Å². The van der Waals surface area contributed by atoms with Crippen molar-refractivity contribution in [2.24, 2.45) is 0 Å². The molecule has 0 unspecified atom stereocenters. The van der Waals surface area contributed by atoms with Crippen molar-refractivity contribution in [2.75, 3.05) is 25.2 Å². The first-order valence-corrected chi connectivity index (χ1v) is 11.1. The van der Waals surface area contributed by atoms with Crippen LogP contribution in [0.3, 0.4) is 0 Å². The number of esters is 1. The Morgan fingerprint density at radius 2 is 1.85 bits per heavy atom.